The van der Waals surface area contributed by atoms with Gasteiger partial charge in [-0.05, 0) is 50.0 Å². The number of nitrogens with zero attached hydrogens (tertiary/aromatic N) is 2. The molecule has 6 heteroatoms. The maximum atomic E-state index is 13.2. The van der Waals surface area contributed by atoms with Gasteiger partial charge in [0.2, 0.25) is 5.91 Å². The first-order valence-electron chi connectivity index (χ1n) is 11.0. The Morgan fingerprint density at radius 3 is 2.45 bits per heavy atom. The van der Waals surface area contributed by atoms with Crippen molar-refractivity contribution in [1.82, 2.24) is 9.80 Å². The van der Waals surface area contributed by atoms with Gasteiger partial charge in [0.1, 0.15) is 6.61 Å². The van der Waals surface area contributed by atoms with E-state index in [2.05, 4.69) is 4.90 Å². The summed E-state index contributed by atoms with van der Waals surface area (Å²) < 4.78 is 11.2. The lowest BCUT2D eigenvalue weighted by Crippen LogP contribution is -2.46. The molecule has 29 heavy (non-hydrogen) atoms. The van der Waals surface area contributed by atoms with Crippen molar-refractivity contribution >= 4 is 12.0 Å². The number of ether oxygens (including phenoxy) is 2. The van der Waals surface area contributed by atoms with E-state index in [4.69, 9.17) is 9.47 Å². The standard InChI is InChI=1S/C23H32N2O4/c26-22(25(15-18-8-9-18)16-21-7-4-14-28-21)20-10-12-24(13-11-20)23(27)29-17-19-5-2-1-3-6-19/h1-3,5-6,18,20-21H,4,7-17H2. The van der Waals surface area contributed by atoms with Crippen molar-refractivity contribution < 1.29 is 19.1 Å². The summed E-state index contributed by atoms with van der Waals surface area (Å²) in [5, 5.41) is 0. The first kappa shape index (κ1) is 20.2. The molecule has 1 unspecified atom stereocenters. The molecule has 0 aromatic heterocycles. The number of amides is 2. The van der Waals surface area contributed by atoms with Crippen LogP contribution in [0.25, 0.3) is 0 Å². The highest BCUT2D eigenvalue weighted by Gasteiger charge is 2.35. The number of piperidine rings is 1. The highest BCUT2D eigenvalue weighted by molar-refractivity contribution is 5.79. The summed E-state index contributed by atoms with van der Waals surface area (Å²) in [6, 6.07) is 9.70. The van der Waals surface area contributed by atoms with Gasteiger partial charge in [0.25, 0.3) is 0 Å². The van der Waals surface area contributed by atoms with E-state index < -0.39 is 0 Å². The molecule has 4 rings (SSSR count). The van der Waals surface area contributed by atoms with Crippen LogP contribution in [0.1, 0.15) is 44.1 Å². The zero-order valence-corrected chi connectivity index (χ0v) is 17.1. The fourth-order valence-corrected chi connectivity index (χ4v) is 4.28. The summed E-state index contributed by atoms with van der Waals surface area (Å²) >= 11 is 0. The van der Waals surface area contributed by atoms with Crippen LogP contribution >= 0.6 is 0 Å². The van der Waals surface area contributed by atoms with Crippen LogP contribution in [0.15, 0.2) is 30.3 Å². The van der Waals surface area contributed by atoms with E-state index in [1.165, 1.54) is 12.8 Å². The van der Waals surface area contributed by atoms with Crippen LogP contribution in [0.4, 0.5) is 4.79 Å². The number of hydrogen-bond donors (Lipinski definition) is 0. The van der Waals surface area contributed by atoms with Crippen molar-refractivity contribution in [2.24, 2.45) is 11.8 Å². The topological polar surface area (TPSA) is 59.1 Å². The Hall–Kier alpha value is -2.08. The highest BCUT2D eigenvalue weighted by Crippen LogP contribution is 2.31. The first-order chi connectivity index (χ1) is 14.2. The molecule has 2 aliphatic heterocycles. The SMILES string of the molecule is O=C(OCc1ccccc1)N1CCC(C(=O)N(CC2CC2)CC2CCCO2)CC1. The first-order valence-corrected chi connectivity index (χ1v) is 11.0. The summed E-state index contributed by atoms with van der Waals surface area (Å²) in [6.07, 6.45) is 5.97. The van der Waals surface area contributed by atoms with E-state index in [9.17, 15) is 9.59 Å². The second kappa shape index (κ2) is 9.61. The fourth-order valence-electron chi connectivity index (χ4n) is 4.28. The number of likely N-dealkylation sites (tertiary alicyclic amines) is 1. The Balaban J connectivity index is 1.24. The van der Waals surface area contributed by atoms with Gasteiger partial charge in [-0.15, -0.1) is 0 Å². The molecule has 158 valence electrons. The van der Waals surface area contributed by atoms with Gasteiger partial charge in [0.15, 0.2) is 0 Å². The van der Waals surface area contributed by atoms with Gasteiger partial charge in [-0.25, -0.2) is 4.79 Å². The van der Waals surface area contributed by atoms with E-state index in [0.717, 1.165) is 38.1 Å². The lowest BCUT2D eigenvalue weighted by molar-refractivity contribution is -0.138. The van der Waals surface area contributed by atoms with Crippen molar-refractivity contribution in [2.75, 3.05) is 32.8 Å². The molecule has 1 atom stereocenters. The van der Waals surface area contributed by atoms with Gasteiger partial charge in [-0.3, -0.25) is 4.79 Å². The lowest BCUT2D eigenvalue weighted by Gasteiger charge is -2.34. The molecule has 2 heterocycles. The quantitative estimate of drug-likeness (QED) is 0.703. The van der Waals surface area contributed by atoms with E-state index in [1.54, 1.807) is 4.90 Å². The smallest absolute Gasteiger partial charge is 0.410 e. The maximum Gasteiger partial charge on any atom is 0.410 e. The molecule has 0 radical (unpaired) electrons. The van der Waals surface area contributed by atoms with Crippen LogP contribution in [0, 0.1) is 11.8 Å². The van der Waals surface area contributed by atoms with Gasteiger partial charge < -0.3 is 19.3 Å². The van der Waals surface area contributed by atoms with Gasteiger partial charge in [-0.2, -0.15) is 0 Å². The zero-order chi connectivity index (χ0) is 20.1. The predicted molar refractivity (Wildman–Crippen MR) is 109 cm³/mol. The minimum atomic E-state index is -0.283. The van der Waals surface area contributed by atoms with E-state index in [-0.39, 0.29) is 30.6 Å². The van der Waals surface area contributed by atoms with Crippen LogP contribution in [-0.4, -0.2) is 60.7 Å². The van der Waals surface area contributed by atoms with Crippen molar-refractivity contribution in [2.45, 2.75) is 51.2 Å². The number of rotatable bonds is 7. The number of carbonyl (C=O) groups excluding carboxylic acids is 2. The summed E-state index contributed by atoms with van der Waals surface area (Å²) in [7, 11) is 0. The molecule has 6 nitrogen and oxygen atoms in total. The van der Waals surface area contributed by atoms with Crippen molar-refractivity contribution in [1.29, 1.82) is 0 Å². The average molecular weight is 401 g/mol. The summed E-state index contributed by atoms with van der Waals surface area (Å²) in [5.41, 5.74) is 0.982. The second-order valence-corrected chi connectivity index (χ2v) is 8.62. The minimum Gasteiger partial charge on any atom is -0.445 e. The van der Waals surface area contributed by atoms with Crippen molar-refractivity contribution in [3.63, 3.8) is 0 Å². The Morgan fingerprint density at radius 1 is 1.03 bits per heavy atom. The number of hydrogen-bond acceptors (Lipinski definition) is 4. The van der Waals surface area contributed by atoms with Crippen LogP contribution in [0.2, 0.25) is 0 Å². The van der Waals surface area contributed by atoms with E-state index >= 15 is 0 Å². The molecule has 0 spiro atoms. The van der Waals surface area contributed by atoms with Crippen LogP contribution in [0.5, 0.6) is 0 Å². The summed E-state index contributed by atoms with van der Waals surface area (Å²) in [5.74, 6) is 0.937. The third kappa shape index (κ3) is 5.72. The Labute approximate surface area is 173 Å². The fraction of sp³-hybridized carbons (Fsp3) is 0.652. The monoisotopic (exact) mass is 400 g/mol. The third-order valence-electron chi connectivity index (χ3n) is 6.24. The molecule has 1 aromatic rings. The molecule has 3 aliphatic rings. The average Bonchev–Trinajstić information content (AvgIpc) is 3.44. The molecule has 0 bridgehead atoms. The predicted octanol–water partition coefficient (Wildman–Crippen LogP) is 3.45. The van der Waals surface area contributed by atoms with Gasteiger partial charge >= 0.3 is 6.09 Å². The molecular weight excluding hydrogens is 368 g/mol. The lowest BCUT2D eigenvalue weighted by atomic mass is 9.95. The second-order valence-electron chi connectivity index (χ2n) is 8.62. The zero-order valence-electron chi connectivity index (χ0n) is 17.1. The van der Waals surface area contributed by atoms with Crippen LogP contribution < -0.4 is 0 Å². The molecule has 2 saturated heterocycles. The third-order valence-corrected chi connectivity index (χ3v) is 6.24. The molecule has 0 N–H and O–H groups in total. The molecular formula is C23H32N2O4. The van der Waals surface area contributed by atoms with Crippen LogP contribution in [-0.2, 0) is 20.9 Å². The maximum absolute atomic E-state index is 13.2. The summed E-state index contributed by atoms with van der Waals surface area (Å²) in [4.78, 5) is 29.3. The molecule has 2 amide bonds. The van der Waals surface area contributed by atoms with Crippen LogP contribution in [0.3, 0.4) is 0 Å². The van der Waals surface area contributed by atoms with E-state index in [0.29, 0.717) is 31.8 Å². The minimum absolute atomic E-state index is 0.00771. The molecule has 1 aromatic carbocycles. The Bertz CT molecular complexity index is 677. The number of benzene rings is 1. The Kier molecular flexibility index (Phi) is 6.70. The van der Waals surface area contributed by atoms with E-state index in [1.807, 2.05) is 30.3 Å². The molecule has 1 saturated carbocycles. The van der Waals surface area contributed by atoms with Crippen molar-refractivity contribution in [3.8, 4) is 0 Å². The van der Waals surface area contributed by atoms with Gasteiger partial charge in [-0.1, -0.05) is 30.3 Å². The largest absolute Gasteiger partial charge is 0.445 e. The molecule has 3 fully saturated rings. The van der Waals surface area contributed by atoms with Crippen molar-refractivity contribution in [3.05, 3.63) is 35.9 Å². The highest BCUT2D eigenvalue weighted by atomic mass is 16.6. The molecule has 1 aliphatic carbocycles. The van der Waals surface area contributed by atoms with Gasteiger partial charge in [0, 0.05) is 38.7 Å². The normalized spacial score (nSPS) is 22.5. The summed E-state index contributed by atoms with van der Waals surface area (Å²) in [6.45, 7) is 3.88. The number of carbonyl (C=O) groups is 2. The van der Waals surface area contributed by atoms with Gasteiger partial charge in [0.05, 0.1) is 6.10 Å². The Morgan fingerprint density at radius 2 is 1.79 bits per heavy atom.